The molecule has 6 heteroatoms. The second kappa shape index (κ2) is 10.3. The van der Waals surface area contributed by atoms with Gasteiger partial charge in [0.25, 0.3) is 5.91 Å². The molecule has 4 bridgehead atoms. The molecule has 1 aromatic carbocycles. The molecular weight excluding hydrogens is 416 g/mol. The van der Waals surface area contributed by atoms with Gasteiger partial charge in [-0.25, -0.2) is 0 Å². The van der Waals surface area contributed by atoms with Crippen LogP contribution in [-0.4, -0.2) is 61.5 Å². The van der Waals surface area contributed by atoms with Crippen molar-refractivity contribution in [3.8, 4) is 5.75 Å². The molecule has 6 nitrogen and oxygen atoms in total. The van der Waals surface area contributed by atoms with Crippen LogP contribution in [0.25, 0.3) is 0 Å². The topological polar surface area (TPSA) is 71.0 Å². The molecule has 6 rings (SSSR count). The highest BCUT2D eigenvalue weighted by molar-refractivity contribution is 5.94. The molecule has 1 aromatic rings. The second-order valence-electron chi connectivity index (χ2n) is 11.1. The fourth-order valence-electron chi connectivity index (χ4n) is 7.36. The van der Waals surface area contributed by atoms with Crippen LogP contribution in [-0.2, 0) is 9.53 Å². The Bertz CT molecular complexity index is 772. The Balaban J connectivity index is 1.05. The summed E-state index contributed by atoms with van der Waals surface area (Å²) in [7, 11) is 0. The van der Waals surface area contributed by atoms with Crippen LogP contribution in [0.1, 0.15) is 57.8 Å². The smallest absolute Gasteiger partial charge is 0.253 e. The van der Waals surface area contributed by atoms with E-state index in [1.807, 2.05) is 24.3 Å². The van der Waals surface area contributed by atoms with Crippen LogP contribution >= 0.6 is 0 Å². The first-order valence-electron chi connectivity index (χ1n) is 13.1. The Labute approximate surface area is 198 Å². The maximum absolute atomic E-state index is 12.7. The molecule has 5 fully saturated rings. The number of ether oxygens (including phenoxy) is 2. The summed E-state index contributed by atoms with van der Waals surface area (Å²) < 4.78 is 11.3. The van der Waals surface area contributed by atoms with E-state index in [9.17, 15) is 9.90 Å². The number of anilines is 1. The van der Waals surface area contributed by atoms with E-state index in [-0.39, 0.29) is 5.91 Å². The molecule has 4 aliphatic carbocycles. The number of benzene rings is 1. The monoisotopic (exact) mass is 456 g/mol. The predicted molar refractivity (Wildman–Crippen MR) is 128 cm³/mol. The molecule has 5 aliphatic rings. The molecule has 1 saturated heterocycles. The first kappa shape index (κ1) is 23.1. The van der Waals surface area contributed by atoms with Gasteiger partial charge in [-0.2, -0.15) is 0 Å². The molecule has 0 radical (unpaired) electrons. The van der Waals surface area contributed by atoms with Crippen LogP contribution < -0.4 is 10.1 Å². The summed E-state index contributed by atoms with van der Waals surface area (Å²) in [6, 6.07) is 7.49. The van der Waals surface area contributed by atoms with E-state index < -0.39 is 6.10 Å². The highest BCUT2D eigenvalue weighted by Gasteiger charge is 2.50. The van der Waals surface area contributed by atoms with Crippen LogP contribution in [0.3, 0.4) is 0 Å². The van der Waals surface area contributed by atoms with Crippen LogP contribution in [0, 0.1) is 23.2 Å². The van der Waals surface area contributed by atoms with Crippen LogP contribution in [0.15, 0.2) is 24.3 Å². The number of nitrogens with one attached hydrogen (secondary N) is 1. The zero-order chi connectivity index (χ0) is 22.7. The SMILES string of the molecule is O=C(Nc1cccc(OCCCN2CCOCC2)c1)C(O)CCC12CC3CC(CC(C3)C1)C2. The molecule has 1 amide bonds. The fraction of sp³-hybridized carbons (Fsp3) is 0.741. The normalized spacial score (nSPS) is 32.0. The number of rotatable bonds is 10. The first-order chi connectivity index (χ1) is 16.1. The van der Waals surface area contributed by atoms with Crippen LogP contribution in [0.2, 0.25) is 0 Å². The Morgan fingerprint density at radius 3 is 2.55 bits per heavy atom. The molecule has 0 spiro atoms. The van der Waals surface area contributed by atoms with Crippen molar-refractivity contribution in [3.63, 3.8) is 0 Å². The Kier molecular flexibility index (Phi) is 7.24. The van der Waals surface area contributed by atoms with Crippen molar-refractivity contribution in [2.45, 2.75) is 63.9 Å². The minimum Gasteiger partial charge on any atom is -0.493 e. The van der Waals surface area contributed by atoms with Gasteiger partial charge in [-0.1, -0.05) is 6.07 Å². The number of carbonyl (C=O) groups excluding carboxylic acids is 1. The largest absolute Gasteiger partial charge is 0.493 e. The van der Waals surface area contributed by atoms with E-state index in [0.29, 0.717) is 24.1 Å². The molecular formula is C27H40N2O4. The number of aliphatic hydroxyl groups is 1. The van der Waals surface area contributed by atoms with E-state index in [1.54, 1.807) is 0 Å². The summed E-state index contributed by atoms with van der Waals surface area (Å²) in [5, 5.41) is 13.5. The number of hydrogen-bond acceptors (Lipinski definition) is 5. The van der Waals surface area contributed by atoms with Gasteiger partial charge in [-0.15, -0.1) is 0 Å². The Morgan fingerprint density at radius 2 is 1.85 bits per heavy atom. The number of aliphatic hydroxyl groups excluding tert-OH is 1. The number of carbonyl (C=O) groups is 1. The van der Waals surface area contributed by atoms with E-state index in [2.05, 4.69) is 10.2 Å². The van der Waals surface area contributed by atoms with Gasteiger partial charge in [0.2, 0.25) is 0 Å². The fourth-order valence-corrected chi connectivity index (χ4v) is 7.36. The van der Waals surface area contributed by atoms with Crippen molar-refractivity contribution in [1.82, 2.24) is 4.90 Å². The average molecular weight is 457 g/mol. The van der Waals surface area contributed by atoms with Crippen molar-refractivity contribution in [2.24, 2.45) is 23.2 Å². The molecule has 2 N–H and O–H groups in total. The minimum atomic E-state index is -0.948. The average Bonchev–Trinajstić information content (AvgIpc) is 2.80. The minimum absolute atomic E-state index is 0.302. The lowest BCUT2D eigenvalue weighted by Gasteiger charge is -2.57. The predicted octanol–water partition coefficient (Wildman–Crippen LogP) is 4.08. The summed E-state index contributed by atoms with van der Waals surface area (Å²) >= 11 is 0. The Hall–Kier alpha value is -1.63. The van der Waals surface area contributed by atoms with Gasteiger partial charge in [0.15, 0.2) is 0 Å². The van der Waals surface area contributed by atoms with Gasteiger partial charge in [0.05, 0.1) is 19.8 Å². The molecule has 1 unspecified atom stereocenters. The first-order valence-corrected chi connectivity index (χ1v) is 13.1. The summed E-state index contributed by atoms with van der Waals surface area (Å²) in [4.78, 5) is 15.1. The molecule has 1 aliphatic heterocycles. The second-order valence-corrected chi connectivity index (χ2v) is 11.1. The lowest BCUT2D eigenvalue weighted by atomic mass is 9.48. The van der Waals surface area contributed by atoms with Crippen molar-refractivity contribution in [3.05, 3.63) is 24.3 Å². The van der Waals surface area contributed by atoms with Gasteiger partial charge in [-0.05, 0) is 93.1 Å². The summed E-state index contributed by atoms with van der Waals surface area (Å²) in [6.07, 6.45) is 9.79. The van der Waals surface area contributed by atoms with E-state index in [1.165, 1.54) is 38.5 Å². The summed E-state index contributed by atoms with van der Waals surface area (Å²) in [5.74, 6) is 3.15. The lowest BCUT2D eigenvalue weighted by Crippen LogP contribution is -2.46. The maximum Gasteiger partial charge on any atom is 0.253 e. The third-order valence-corrected chi connectivity index (χ3v) is 8.51. The highest BCUT2D eigenvalue weighted by Crippen LogP contribution is 2.61. The highest BCUT2D eigenvalue weighted by atomic mass is 16.5. The standard InChI is InChI=1S/C27H40N2O4/c30-25(5-6-27-17-20-13-21(18-27)15-22(14-20)19-27)26(31)28-23-3-1-4-24(16-23)33-10-2-7-29-8-11-32-12-9-29/h1,3-4,16,20-22,25,30H,2,5-15,17-19H2,(H,28,31). The molecule has 33 heavy (non-hydrogen) atoms. The summed E-state index contributed by atoms with van der Waals surface area (Å²) in [5.41, 5.74) is 1.07. The maximum atomic E-state index is 12.7. The van der Waals surface area contributed by atoms with Gasteiger partial charge >= 0.3 is 0 Å². The molecule has 1 heterocycles. The Morgan fingerprint density at radius 1 is 1.15 bits per heavy atom. The van der Waals surface area contributed by atoms with E-state index in [0.717, 1.165) is 69.2 Å². The third-order valence-electron chi connectivity index (χ3n) is 8.51. The lowest BCUT2D eigenvalue weighted by molar-refractivity contribution is -0.125. The van der Waals surface area contributed by atoms with Crippen molar-refractivity contribution >= 4 is 11.6 Å². The third kappa shape index (κ3) is 5.90. The molecule has 0 aromatic heterocycles. The number of amides is 1. The van der Waals surface area contributed by atoms with Crippen molar-refractivity contribution < 1.29 is 19.4 Å². The molecule has 182 valence electrons. The zero-order valence-electron chi connectivity index (χ0n) is 19.8. The molecule has 4 saturated carbocycles. The van der Waals surface area contributed by atoms with Gasteiger partial charge in [0.1, 0.15) is 11.9 Å². The zero-order valence-corrected chi connectivity index (χ0v) is 19.8. The van der Waals surface area contributed by atoms with Gasteiger partial charge < -0.3 is 19.9 Å². The van der Waals surface area contributed by atoms with Gasteiger partial charge in [0, 0.05) is 31.4 Å². The number of nitrogens with zero attached hydrogens (tertiary/aromatic N) is 1. The van der Waals surface area contributed by atoms with Crippen molar-refractivity contribution in [1.29, 1.82) is 0 Å². The van der Waals surface area contributed by atoms with E-state index in [4.69, 9.17) is 9.47 Å². The molecule has 1 atom stereocenters. The van der Waals surface area contributed by atoms with Crippen molar-refractivity contribution in [2.75, 3.05) is 44.8 Å². The quantitative estimate of drug-likeness (QED) is 0.519. The van der Waals surface area contributed by atoms with Gasteiger partial charge in [-0.3, -0.25) is 9.69 Å². The van der Waals surface area contributed by atoms with Crippen LogP contribution in [0.5, 0.6) is 5.75 Å². The van der Waals surface area contributed by atoms with E-state index >= 15 is 0 Å². The number of hydrogen-bond donors (Lipinski definition) is 2. The number of morpholine rings is 1. The van der Waals surface area contributed by atoms with Crippen LogP contribution in [0.4, 0.5) is 5.69 Å². The summed E-state index contributed by atoms with van der Waals surface area (Å²) in [6.45, 7) is 5.27.